The first kappa shape index (κ1) is 21.9. The Morgan fingerprint density at radius 2 is 1.77 bits per heavy atom. The van der Waals surface area contributed by atoms with E-state index in [4.69, 9.17) is 11.6 Å². The summed E-state index contributed by atoms with van der Waals surface area (Å²) < 4.78 is 2.38. The van der Waals surface area contributed by atoms with Crippen molar-refractivity contribution in [2.24, 2.45) is 5.92 Å². The van der Waals surface area contributed by atoms with E-state index >= 15 is 0 Å². The van der Waals surface area contributed by atoms with Crippen molar-refractivity contribution in [3.63, 3.8) is 0 Å². The summed E-state index contributed by atoms with van der Waals surface area (Å²) >= 11 is 5.85. The van der Waals surface area contributed by atoms with Gasteiger partial charge in [0.15, 0.2) is 0 Å². The number of anilines is 1. The van der Waals surface area contributed by atoms with Gasteiger partial charge in [0.2, 0.25) is 5.91 Å². The molecule has 166 valence electrons. The predicted octanol–water partition coefficient (Wildman–Crippen LogP) is 5.15. The normalized spacial score (nSPS) is 18.2. The van der Waals surface area contributed by atoms with Gasteiger partial charge in [0.25, 0.3) is 5.91 Å². The Kier molecular flexibility index (Phi) is 6.65. The van der Waals surface area contributed by atoms with Gasteiger partial charge in [-0.1, -0.05) is 30.9 Å². The molecule has 0 bridgehead atoms. The van der Waals surface area contributed by atoms with Crippen LogP contribution in [0.4, 0.5) is 5.82 Å². The number of rotatable bonds is 4. The van der Waals surface area contributed by atoms with Crippen molar-refractivity contribution in [2.45, 2.75) is 64.8 Å². The van der Waals surface area contributed by atoms with E-state index in [1.165, 1.54) is 44.0 Å². The topological polar surface area (TPSA) is 67.2 Å². The second-order valence-electron chi connectivity index (χ2n) is 8.86. The van der Waals surface area contributed by atoms with Gasteiger partial charge in [0.1, 0.15) is 5.82 Å². The van der Waals surface area contributed by atoms with Gasteiger partial charge in [0.05, 0.1) is 10.6 Å². The summed E-state index contributed by atoms with van der Waals surface area (Å²) in [4.78, 5) is 31.9. The molecule has 0 radical (unpaired) electrons. The van der Waals surface area contributed by atoms with E-state index in [1.54, 1.807) is 12.1 Å². The lowest BCUT2D eigenvalue weighted by Gasteiger charge is -2.31. The highest BCUT2D eigenvalue weighted by Crippen LogP contribution is 2.33. The lowest BCUT2D eigenvalue weighted by molar-refractivity contribution is -0.121. The second-order valence-corrected chi connectivity index (χ2v) is 9.30. The van der Waals surface area contributed by atoms with Crippen LogP contribution in [0.2, 0.25) is 5.02 Å². The van der Waals surface area contributed by atoms with E-state index in [9.17, 15) is 9.59 Å². The molecule has 1 saturated heterocycles. The van der Waals surface area contributed by atoms with Gasteiger partial charge in [-0.3, -0.25) is 9.59 Å². The molecule has 0 spiro atoms. The van der Waals surface area contributed by atoms with Crippen molar-refractivity contribution in [1.82, 2.24) is 14.5 Å². The smallest absolute Gasteiger partial charge is 0.255 e. The quantitative estimate of drug-likeness (QED) is 0.711. The summed E-state index contributed by atoms with van der Waals surface area (Å²) in [6.45, 7) is 5.38. The van der Waals surface area contributed by atoms with Gasteiger partial charge in [-0.15, -0.1) is 0 Å². The SMILES string of the molecule is Cc1cc(C(=O)N2CCC(C(=O)Nc3ccc(Cl)cn3)CC2)c(C)n1C1CCCCC1. The van der Waals surface area contributed by atoms with E-state index in [2.05, 4.69) is 34.8 Å². The highest BCUT2D eigenvalue weighted by atomic mass is 35.5. The van der Waals surface area contributed by atoms with Crippen molar-refractivity contribution in [3.8, 4) is 0 Å². The maximum atomic E-state index is 13.3. The highest BCUT2D eigenvalue weighted by Gasteiger charge is 2.30. The number of nitrogens with zero attached hydrogens (tertiary/aromatic N) is 3. The summed E-state index contributed by atoms with van der Waals surface area (Å²) in [5, 5.41) is 3.39. The summed E-state index contributed by atoms with van der Waals surface area (Å²) in [5.41, 5.74) is 3.08. The highest BCUT2D eigenvalue weighted by molar-refractivity contribution is 6.30. The summed E-state index contributed by atoms with van der Waals surface area (Å²) in [6.07, 6.45) is 9.09. The average Bonchev–Trinajstić information content (AvgIpc) is 3.09. The third-order valence-electron chi connectivity index (χ3n) is 6.79. The molecule has 1 saturated carbocycles. The number of pyridine rings is 1. The third-order valence-corrected chi connectivity index (χ3v) is 7.01. The van der Waals surface area contributed by atoms with Crippen molar-refractivity contribution in [1.29, 1.82) is 0 Å². The Hall–Kier alpha value is -2.34. The molecule has 2 aliphatic rings. The summed E-state index contributed by atoms with van der Waals surface area (Å²) in [7, 11) is 0. The monoisotopic (exact) mass is 442 g/mol. The van der Waals surface area contributed by atoms with Gasteiger partial charge in [-0.25, -0.2) is 4.98 Å². The fourth-order valence-corrected chi connectivity index (χ4v) is 5.20. The number of amides is 2. The Bertz CT molecular complexity index is 939. The molecule has 4 rings (SSSR count). The van der Waals surface area contributed by atoms with Gasteiger partial charge in [0, 0.05) is 42.6 Å². The van der Waals surface area contributed by atoms with Gasteiger partial charge >= 0.3 is 0 Å². The van der Waals surface area contributed by atoms with Crippen molar-refractivity contribution in [3.05, 3.63) is 46.4 Å². The zero-order chi connectivity index (χ0) is 22.0. The first-order chi connectivity index (χ1) is 14.9. The Balaban J connectivity index is 1.37. The van der Waals surface area contributed by atoms with Crippen LogP contribution >= 0.6 is 11.6 Å². The minimum atomic E-state index is -0.115. The molecule has 3 heterocycles. The molecule has 2 aromatic heterocycles. The second kappa shape index (κ2) is 9.43. The van der Waals surface area contributed by atoms with Crippen LogP contribution in [0.1, 0.15) is 72.7 Å². The Morgan fingerprint density at radius 1 is 1.06 bits per heavy atom. The number of hydrogen-bond acceptors (Lipinski definition) is 3. The van der Waals surface area contributed by atoms with Crippen LogP contribution in [-0.2, 0) is 4.79 Å². The minimum Gasteiger partial charge on any atom is -0.345 e. The van der Waals surface area contributed by atoms with Gasteiger partial charge in [-0.05, 0) is 57.7 Å². The van der Waals surface area contributed by atoms with Crippen LogP contribution in [0.15, 0.2) is 24.4 Å². The van der Waals surface area contributed by atoms with E-state index in [0.29, 0.717) is 42.8 Å². The molecule has 1 aliphatic carbocycles. The lowest BCUT2D eigenvalue weighted by atomic mass is 9.94. The molecule has 2 amide bonds. The molecule has 1 N–H and O–H groups in total. The molecule has 7 heteroatoms. The molecule has 2 fully saturated rings. The number of piperidine rings is 1. The van der Waals surface area contributed by atoms with E-state index < -0.39 is 0 Å². The lowest BCUT2D eigenvalue weighted by Crippen LogP contribution is -2.41. The summed E-state index contributed by atoms with van der Waals surface area (Å²) in [5.74, 6) is 0.435. The fraction of sp³-hybridized carbons (Fsp3) is 0.542. The number of carbonyl (C=O) groups excluding carboxylic acids is 2. The molecule has 6 nitrogen and oxygen atoms in total. The maximum Gasteiger partial charge on any atom is 0.255 e. The van der Waals surface area contributed by atoms with Crippen LogP contribution in [0.5, 0.6) is 0 Å². The zero-order valence-electron chi connectivity index (χ0n) is 18.4. The molecule has 2 aromatic rings. The van der Waals surface area contributed by atoms with E-state index in [0.717, 1.165) is 11.3 Å². The summed E-state index contributed by atoms with van der Waals surface area (Å²) in [6, 6.07) is 5.97. The van der Waals surface area contributed by atoms with Gasteiger partial charge < -0.3 is 14.8 Å². The first-order valence-electron chi connectivity index (χ1n) is 11.3. The number of likely N-dealkylation sites (tertiary alicyclic amines) is 1. The van der Waals surface area contributed by atoms with E-state index in [-0.39, 0.29) is 17.7 Å². The number of halogens is 1. The molecule has 0 atom stereocenters. The number of carbonyl (C=O) groups is 2. The number of hydrogen-bond donors (Lipinski definition) is 1. The van der Waals surface area contributed by atoms with E-state index in [1.807, 2.05) is 4.90 Å². The standard InChI is InChI=1S/C24H31ClN4O2/c1-16-14-21(17(2)29(16)20-6-4-3-5-7-20)24(31)28-12-10-18(11-13-28)23(30)27-22-9-8-19(25)15-26-22/h8-9,14-15,18,20H,3-7,10-13H2,1-2H3,(H,26,27,30). The number of aryl methyl sites for hydroxylation is 1. The van der Waals surface area contributed by atoms with Crippen molar-refractivity contribution in [2.75, 3.05) is 18.4 Å². The van der Waals surface area contributed by atoms with Crippen molar-refractivity contribution < 1.29 is 9.59 Å². The van der Waals surface area contributed by atoms with Crippen LogP contribution in [-0.4, -0.2) is 39.4 Å². The molecular weight excluding hydrogens is 412 g/mol. The largest absolute Gasteiger partial charge is 0.345 e. The van der Waals surface area contributed by atoms with Crippen LogP contribution < -0.4 is 5.32 Å². The van der Waals surface area contributed by atoms with Crippen molar-refractivity contribution >= 4 is 29.2 Å². The maximum absolute atomic E-state index is 13.3. The fourth-order valence-electron chi connectivity index (χ4n) is 5.09. The first-order valence-corrected chi connectivity index (χ1v) is 11.7. The molecular formula is C24H31ClN4O2. The van der Waals surface area contributed by atoms with Crippen LogP contribution in [0.3, 0.4) is 0 Å². The Labute approximate surface area is 189 Å². The van der Waals surface area contributed by atoms with Gasteiger partial charge in [-0.2, -0.15) is 0 Å². The van der Waals surface area contributed by atoms with Crippen LogP contribution in [0.25, 0.3) is 0 Å². The minimum absolute atomic E-state index is 0.0441. The predicted molar refractivity (Wildman–Crippen MR) is 123 cm³/mol. The number of aromatic nitrogens is 2. The zero-order valence-corrected chi connectivity index (χ0v) is 19.1. The molecule has 0 unspecified atom stereocenters. The number of nitrogens with one attached hydrogen (secondary N) is 1. The van der Waals surface area contributed by atoms with Crippen LogP contribution in [0, 0.1) is 19.8 Å². The molecule has 0 aromatic carbocycles. The molecule has 1 aliphatic heterocycles. The average molecular weight is 443 g/mol. The third kappa shape index (κ3) is 4.79. The Morgan fingerprint density at radius 3 is 2.42 bits per heavy atom. The molecule has 31 heavy (non-hydrogen) atoms.